The molecule has 19 heavy (non-hydrogen) atoms. The number of hydrogen-bond acceptors (Lipinski definition) is 4. The van der Waals surface area contributed by atoms with Gasteiger partial charge in [0.25, 0.3) is 0 Å². The van der Waals surface area contributed by atoms with Gasteiger partial charge in [0.15, 0.2) is 5.13 Å². The zero-order valence-electron chi connectivity index (χ0n) is 11.0. The number of ether oxygens (including phenoxy) is 1. The minimum absolute atomic E-state index is 0.416. The summed E-state index contributed by atoms with van der Waals surface area (Å²) in [5.41, 5.74) is 7.32. The van der Waals surface area contributed by atoms with Crippen LogP contribution < -0.4 is 5.73 Å². The molecule has 0 aliphatic carbocycles. The summed E-state index contributed by atoms with van der Waals surface area (Å²) in [6.07, 6.45) is 0.847. The predicted octanol–water partition coefficient (Wildman–Crippen LogP) is 3.87. The van der Waals surface area contributed by atoms with Crippen molar-refractivity contribution in [1.29, 1.82) is 0 Å². The Bertz CT molecular complexity index is 537. The molecule has 1 heterocycles. The first-order valence-electron chi connectivity index (χ1n) is 6.07. The van der Waals surface area contributed by atoms with E-state index in [1.165, 1.54) is 16.9 Å². The number of halogens is 1. The molecule has 2 rings (SSSR count). The summed E-state index contributed by atoms with van der Waals surface area (Å²) in [6, 6.07) is 7.81. The summed E-state index contributed by atoms with van der Waals surface area (Å²) < 4.78 is 5.92. The van der Waals surface area contributed by atoms with Gasteiger partial charge in [-0.2, -0.15) is 0 Å². The summed E-state index contributed by atoms with van der Waals surface area (Å²) in [5, 5.41) is 3.27. The van der Waals surface area contributed by atoms with Crippen LogP contribution in [-0.2, 0) is 16.8 Å². The van der Waals surface area contributed by atoms with Gasteiger partial charge in [0.2, 0.25) is 0 Å². The Morgan fingerprint density at radius 3 is 2.58 bits per heavy atom. The molecule has 0 aliphatic heterocycles. The third-order valence-electron chi connectivity index (χ3n) is 2.91. The predicted molar refractivity (Wildman–Crippen MR) is 80.7 cm³/mol. The minimum Gasteiger partial charge on any atom is -0.375 e. The summed E-state index contributed by atoms with van der Waals surface area (Å²) in [5.74, 6) is 0. The summed E-state index contributed by atoms with van der Waals surface area (Å²) >= 11 is 7.29. The van der Waals surface area contributed by atoms with Crippen LogP contribution in [0.1, 0.15) is 25.1 Å². The van der Waals surface area contributed by atoms with Gasteiger partial charge in [0.05, 0.1) is 12.3 Å². The minimum atomic E-state index is -0.416. The van der Waals surface area contributed by atoms with E-state index in [-0.39, 0.29) is 0 Å². The van der Waals surface area contributed by atoms with Gasteiger partial charge in [-0.25, -0.2) is 4.98 Å². The highest BCUT2D eigenvalue weighted by Crippen LogP contribution is 2.27. The van der Waals surface area contributed by atoms with E-state index in [0.29, 0.717) is 11.7 Å². The number of nitrogens with two attached hydrogens (primary N) is 1. The molecule has 0 atom stereocenters. The Balaban J connectivity index is 1.89. The molecule has 0 unspecified atom stereocenters. The molecule has 2 aromatic rings. The summed E-state index contributed by atoms with van der Waals surface area (Å²) in [7, 11) is 0. The monoisotopic (exact) mass is 296 g/mol. The largest absolute Gasteiger partial charge is 0.375 e. The van der Waals surface area contributed by atoms with Crippen LogP contribution in [-0.4, -0.2) is 11.6 Å². The highest BCUT2D eigenvalue weighted by molar-refractivity contribution is 7.13. The van der Waals surface area contributed by atoms with Crippen molar-refractivity contribution in [2.75, 3.05) is 12.3 Å². The Morgan fingerprint density at radius 1 is 1.32 bits per heavy atom. The van der Waals surface area contributed by atoms with Gasteiger partial charge in [-0.1, -0.05) is 23.7 Å². The van der Waals surface area contributed by atoms with Crippen LogP contribution in [0.15, 0.2) is 29.6 Å². The zero-order chi connectivity index (χ0) is 13.9. The lowest BCUT2D eigenvalue weighted by atomic mass is 10.1. The van der Waals surface area contributed by atoms with Crippen molar-refractivity contribution in [3.05, 3.63) is 45.9 Å². The van der Waals surface area contributed by atoms with E-state index in [4.69, 9.17) is 22.1 Å². The molecule has 0 aliphatic rings. The van der Waals surface area contributed by atoms with Crippen molar-refractivity contribution in [2.45, 2.75) is 25.9 Å². The number of nitrogens with zero attached hydrogens (tertiary/aromatic N) is 1. The van der Waals surface area contributed by atoms with E-state index in [2.05, 4.69) is 4.98 Å². The topological polar surface area (TPSA) is 48.1 Å². The zero-order valence-corrected chi connectivity index (χ0v) is 12.6. The van der Waals surface area contributed by atoms with E-state index in [9.17, 15) is 0 Å². The van der Waals surface area contributed by atoms with Crippen molar-refractivity contribution in [1.82, 2.24) is 4.98 Å². The maximum Gasteiger partial charge on any atom is 0.180 e. The molecule has 0 spiro atoms. The van der Waals surface area contributed by atoms with Crippen LogP contribution in [0.25, 0.3) is 0 Å². The maximum atomic E-state index is 5.92. The van der Waals surface area contributed by atoms with Crippen LogP contribution in [0.3, 0.4) is 0 Å². The van der Waals surface area contributed by atoms with Crippen LogP contribution in [0.2, 0.25) is 5.02 Å². The first-order valence-corrected chi connectivity index (χ1v) is 7.33. The fraction of sp³-hybridized carbons (Fsp3) is 0.357. The molecular formula is C14H17ClN2OS. The first-order chi connectivity index (χ1) is 8.97. The highest BCUT2D eigenvalue weighted by atomic mass is 35.5. The fourth-order valence-electron chi connectivity index (χ4n) is 1.71. The quantitative estimate of drug-likeness (QED) is 0.911. The normalized spacial score (nSPS) is 11.7. The van der Waals surface area contributed by atoms with Gasteiger partial charge >= 0.3 is 0 Å². The van der Waals surface area contributed by atoms with Crippen molar-refractivity contribution in [3.8, 4) is 0 Å². The molecule has 0 saturated heterocycles. The SMILES string of the molecule is CC(C)(OCCc1ccc(Cl)cc1)c1csc(N)n1. The lowest BCUT2D eigenvalue weighted by molar-refractivity contribution is -0.0226. The highest BCUT2D eigenvalue weighted by Gasteiger charge is 2.24. The molecule has 0 fully saturated rings. The van der Waals surface area contributed by atoms with E-state index >= 15 is 0 Å². The Hall–Kier alpha value is -1.10. The molecule has 0 amide bonds. The van der Waals surface area contributed by atoms with E-state index in [1.807, 2.05) is 43.5 Å². The van der Waals surface area contributed by atoms with Crippen LogP contribution in [0.5, 0.6) is 0 Å². The number of nitrogen functional groups attached to an aromatic ring is 1. The molecule has 5 heteroatoms. The third kappa shape index (κ3) is 3.93. The molecule has 0 radical (unpaired) electrons. The average Bonchev–Trinajstić information content (AvgIpc) is 2.79. The fourth-order valence-corrected chi connectivity index (χ4v) is 2.56. The van der Waals surface area contributed by atoms with Crippen LogP contribution >= 0.6 is 22.9 Å². The van der Waals surface area contributed by atoms with Crippen molar-refractivity contribution < 1.29 is 4.74 Å². The smallest absolute Gasteiger partial charge is 0.180 e. The number of benzene rings is 1. The second-order valence-electron chi connectivity index (χ2n) is 4.81. The number of thiazole rings is 1. The number of aromatic nitrogens is 1. The molecule has 3 nitrogen and oxygen atoms in total. The number of anilines is 1. The van der Waals surface area contributed by atoms with Gasteiger partial charge in [-0.05, 0) is 38.0 Å². The van der Waals surface area contributed by atoms with Crippen LogP contribution in [0.4, 0.5) is 5.13 Å². The lowest BCUT2D eigenvalue weighted by Crippen LogP contribution is -2.23. The Labute approximate surface area is 122 Å². The summed E-state index contributed by atoms with van der Waals surface area (Å²) in [6.45, 7) is 4.64. The second-order valence-corrected chi connectivity index (χ2v) is 6.13. The summed E-state index contributed by atoms with van der Waals surface area (Å²) in [4.78, 5) is 4.27. The van der Waals surface area contributed by atoms with Gasteiger partial charge in [-0.15, -0.1) is 11.3 Å². The molecule has 102 valence electrons. The van der Waals surface area contributed by atoms with Crippen molar-refractivity contribution in [2.24, 2.45) is 0 Å². The maximum absolute atomic E-state index is 5.92. The molecular weight excluding hydrogens is 280 g/mol. The Morgan fingerprint density at radius 2 is 2.00 bits per heavy atom. The second kappa shape index (κ2) is 5.90. The van der Waals surface area contributed by atoms with Gasteiger partial charge in [0, 0.05) is 10.4 Å². The van der Waals surface area contributed by atoms with E-state index in [1.54, 1.807) is 0 Å². The van der Waals surface area contributed by atoms with Gasteiger partial charge in [-0.3, -0.25) is 0 Å². The molecule has 1 aromatic heterocycles. The molecule has 1 aromatic carbocycles. The van der Waals surface area contributed by atoms with Crippen molar-refractivity contribution >= 4 is 28.1 Å². The van der Waals surface area contributed by atoms with E-state index < -0.39 is 5.60 Å². The van der Waals surface area contributed by atoms with Crippen molar-refractivity contribution in [3.63, 3.8) is 0 Å². The average molecular weight is 297 g/mol. The Kier molecular flexibility index (Phi) is 4.45. The molecule has 0 saturated carbocycles. The standard InChI is InChI=1S/C14H17ClN2OS/c1-14(2,12-9-19-13(16)17-12)18-8-7-10-3-5-11(15)6-4-10/h3-6,9H,7-8H2,1-2H3,(H2,16,17). The van der Waals surface area contributed by atoms with Crippen LogP contribution in [0, 0.1) is 0 Å². The number of hydrogen-bond donors (Lipinski definition) is 1. The first kappa shape index (κ1) is 14.3. The lowest BCUT2D eigenvalue weighted by Gasteiger charge is -2.23. The van der Waals surface area contributed by atoms with Gasteiger partial charge in [0.1, 0.15) is 5.60 Å². The molecule has 2 N–H and O–H groups in total. The third-order valence-corrected chi connectivity index (χ3v) is 3.83. The van der Waals surface area contributed by atoms with Gasteiger partial charge < -0.3 is 10.5 Å². The van der Waals surface area contributed by atoms with E-state index in [0.717, 1.165) is 17.1 Å². The molecule has 0 bridgehead atoms. The number of rotatable bonds is 5.